The van der Waals surface area contributed by atoms with Gasteiger partial charge in [0.25, 0.3) is 0 Å². The van der Waals surface area contributed by atoms with Gasteiger partial charge < -0.3 is 9.94 Å². The standard InChI is InChI=1S/C10H7Br2NO3S/c1-16-13-8(5-3-2-4-17-5)7(11)6(9(13)12)10(14)15/h2-4H,1H3,(H,14,15). The van der Waals surface area contributed by atoms with Gasteiger partial charge in [0, 0.05) is 0 Å². The Bertz CT molecular complexity index is 563. The minimum absolute atomic E-state index is 0.148. The fourth-order valence-corrected chi connectivity index (χ4v) is 4.05. The molecule has 2 aromatic rings. The van der Waals surface area contributed by atoms with Crippen LogP contribution < -0.4 is 4.84 Å². The monoisotopic (exact) mass is 379 g/mol. The van der Waals surface area contributed by atoms with Crippen molar-refractivity contribution in [1.29, 1.82) is 0 Å². The van der Waals surface area contributed by atoms with Gasteiger partial charge in [-0.3, -0.25) is 0 Å². The number of rotatable bonds is 3. The van der Waals surface area contributed by atoms with Crippen LogP contribution in [0.25, 0.3) is 10.6 Å². The van der Waals surface area contributed by atoms with Gasteiger partial charge in [-0.2, -0.15) is 4.73 Å². The van der Waals surface area contributed by atoms with Crippen LogP contribution in [0, 0.1) is 0 Å². The summed E-state index contributed by atoms with van der Waals surface area (Å²) in [6, 6.07) is 3.80. The van der Waals surface area contributed by atoms with Crippen LogP contribution in [0.5, 0.6) is 0 Å². The molecule has 0 amide bonds. The molecule has 0 saturated carbocycles. The summed E-state index contributed by atoms with van der Waals surface area (Å²) < 4.78 is 2.32. The second kappa shape index (κ2) is 4.83. The van der Waals surface area contributed by atoms with Crippen LogP contribution in [-0.2, 0) is 0 Å². The fraction of sp³-hybridized carbons (Fsp3) is 0.100. The van der Waals surface area contributed by atoms with E-state index >= 15 is 0 Å². The van der Waals surface area contributed by atoms with Crippen LogP contribution in [0.4, 0.5) is 0 Å². The summed E-state index contributed by atoms with van der Waals surface area (Å²) in [7, 11) is 1.49. The maximum atomic E-state index is 11.2. The van der Waals surface area contributed by atoms with Gasteiger partial charge in [-0.25, -0.2) is 4.79 Å². The van der Waals surface area contributed by atoms with E-state index in [-0.39, 0.29) is 5.56 Å². The zero-order valence-electron chi connectivity index (χ0n) is 8.61. The first-order valence-electron chi connectivity index (χ1n) is 4.49. The summed E-state index contributed by atoms with van der Waals surface area (Å²) in [5.74, 6) is -1.02. The van der Waals surface area contributed by atoms with Gasteiger partial charge in [0.1, 0.15) is 23.0 Å². The summed E-state index contributed by atoms with van der Waals surface area (Å²) >= 11 is 8.05. The molecule has 2 rings (SSSR count). The van der Waals surface area contributed by atoms with E-state index in [4.69, 9.17) is 9.94 Å². The van der Waals surface area contributed by atoms with E-state index in [1.54, 1.807) is 0 Å². The van der Waals surface area contributed by atoms with Crippen LogP contribution in [0.3, 0.4) is 0 Å². The zero-order valence-corrected chi connectivity index (χ0v) is 12.6. The normalized spacial score (nSPS) is 10.5. The number of nitrogens with zero attached hydrogens (tertiary/aromatic N) is 1. The number of thiophene rings is 1. The van der Waals surface area contributed by atoms with Crippen molar-refractivity contribution in [2.45, 2.75) is 0 Å². The van der Waals surface area contributed by atoms with Crippen molar-refractivity contribution in [1.82, 2.24) is 4.73 Å². The lowest BCUT2D eigenvalue weighted by Gasteiger charge is -2.06. The van der Waals surface area contributed by atoms with Crippen LogP contribution in [-0.4, -0.2) is 22.9 Å². The van der Waals surface area contributed by atoms with Crippen LogP contribution in [0.2, 0.25) is 0 Å². The summed E-state index contributed by atoms with van der Waals surface area (Å²) in [5, 5.41) is 11.1. The quantitative estimate of drug-likeness (QED) is 0.886. The van der Waals surface area contributed by atoms with Crippen LogP contribution in [0.15, 0.2) is 26.6 Å². The molecular weight excluding hydrogens is 374 g/mol. The predicted octanol–water partition coefficient (Wildman–Crippen LogP) is 3.50. The van der Waals surface area contributed by atoms with Crippen molar-refractivity contribution in [3.63, 3.8) is 0 Å². The van der Waals surface area contributed by atoms with Gasteiger partial charge in [-0.1, -0.05) is 6.07 Å². The lowest BCUT2D eigenvalue weighted by atomic mass is 10.3. The van der Waals surface area contributed by atoms with Crippen LogP contribution >= 0.6 is 43.2 Å². The lowest BCUT2D eigenvalue weighted by molar-refractivity contribution is 0.0692. The summed E-state index contributed by atoms with van der Waals surface area (Å²) in [6.45, 7) is 0. The van der Waals surface area contributed by atoms with E-state index < -0.39 is 5.97 Å². The SMILES string of the molecule is COn1c(Br)c(C(=O)O)c(Br)c1-c1cccs1. The first-order chi connectivity index (χ1) is 8.07. The van der Waals surface area contributed by atoms with Crippen molar-refractivity contribution in [2.75, 3.05) is 7.11 Å². The van der Waals surface area contributed by atoms with Gasteiger partial charge >= 0.3 is 5.97 Å². The molecule has 0 atom stereocenters. The van der Waals surface area contributed by atoms with E-state index in [1.165, 1.54) is 23.2 Å². The molecule has 2 aromatic heterocycles. The summed E-state index contributed by atoms with van der Waals surface area (Å²) in [4.78, 5) is 17.3. The largest absolute Gasteiger partial charge is 0.478 e. The van der Waals surface area contributed by atoms with E-state index in [0.29, 0.717) is 14.8 Å². The molecule has 90 valence electrons. The van der Waals surface area contributed by atoms with Gasteiger partial charge in [-0.15, -0.1) is 11.3 Å². The van der Waals surface area contributed by atoms with E-state index in [2.05, 4.69) is 31.9 Å². The third-order valence-electron chi connectivity index (χ3n) is 2.17. The van der Waals surface area contributed by atoms with Gasteiger partial charge in [-0.05, 0) is 43.3 Å². The molecule has 0 bridgehead atoms. The Kier molecular flexibility index (Phi) is 3.60. The average Bonchev–Trinajstić information content (AvgIpc) is 2.84. The minimum Gasteiger partial charge on any atom is -0.478 e. The number of carboxylic acid groups (broad SMARTS) is 1. The highest BCUT2D eigenvalue weighted by molar-refractivity contribution is 9.11. The lowest BCUT2D eigenvalue weighted by Crippen LogP contribution is -2.07. The second-order valence-corrected chi connectivity index (χ2v) is 5.58. The second-order valence-electron chi connectivity index (χ2n) is 3.09. The number of halogens is 2. The third kappa shape index (κ3) is 2.02. The molecular formula is C10H7Br2NO3S. The van der Waals surface area contributed by atoms with E-state index in [0.717, 1.165) is 4.88 Å². The minimum atomic E-state index is -1.02. The van der Waals surface area contributed by atoms with Gasteiger partial charge in [0.05, 0.1) is 9.35 Å². The summed E-state index contributed by atoms with van der Waals surface area (Å²) in [6.07, 6.45) is 0. The molecule has 0 radical (unpaired) electrons. The molecule has 17 heavy (non-hydrogen) atoms. The summed E-state index contributed by atoms with van der Waals surface area (Å²) in [5.41, 5.74) is 0.835. The van der Waals surface area contributed by atoms with Gasteiger partial charge in [0.15, 0.2) is 0 Å². The topological polar surface area (TPSA) is 51.5 Å². The Hall–Kier alpha value is -0.790. The molecule has 0 fully saturated rings. The number of carbonyl (C=O) groups is 1. The Labute approximate surface area is 118 Å². The molecule has 0 aliphatic carbocycles. The molecule has 0 aromatic carbocycles. The molecule has 0 saturated heterocycles. The van der Waals surface area contributed by atoms with E-state index in [9.17, 15) is 4.79 Å². The number of aromatic carboxylic acids is 1. The molecule has 0 unspecified atom stereocenters. The van der Waals surface area contributed by atoms with Gasteiger partial charge in [0.2, 0.25) is 0 Å². The average molecular weight is 381 g/mol. The maximum absolute atomic E-state index is 11.2. The van der Waals surface area contributed by atoms with Crippen LogP contribution in [0.1, 0.15) is 10.4 Å². The molecule has 1 N–H and O–H groups in total. The Morgan fingerprint density at radius 3 is 2.71 bits per heavy atom. The number of hydrogen-bond acceptors (Lipinski definition) is 3. The molecule has 0 aliphatic rings. The van der Waals surface area contributed by atoms with Crippen molar-refractivity contribution in [3.8, 4) is 10.6 Å². The number of carboxylic acids is 1. The maximum Gasteiger partial charge on any atom is 0.339 e. The third-order valence-corrected chi connectivity index (χ3v) is 4.53. The van der Waals surface area contributed by atoms with Crippen molar-refractivity contribution >= 4 is 49.2 Å². The Morgan fingerprint density at radius 1 is 1.53 bits per heavy atom. The number of hydrogen-bond donors (Lipinski definition) is 1. The van der Waals surface area contributed by atoms with Crippen molar-refractivity contribution < 1.29 is 14.7 Å². The molecule has 4 nitrogen and oxygen atoms in total. The Morgan fingerprint density at radius 2 is 2.24 bits per heavy atom. The number of aromatic nitrogens is 1. The van der Waals surface area contributed by atoms with E-state index in [1.807, 2.05) is 17.5 Å². The molecule has 7 heteroatoms. The predicted molar refractivity (Wildman–Crippen MR) is 72.6 cm³/mol. The first-order valence-corrected chi connectivity index (χ1v) is 6.95. The highest BCUT2D eigenvalue weighted by Crippen LogP contribution is 2.39. The van der Waals surface area contributed by atoms with Crippen molar-refractivity contribution in [2.24, 2.45) is 0 Å². The highest BCUT2D eigenvalue weighted by Gasteiger charge is 2.26. The molecule has 0 aliphatic heterocycles. The smallest absolute Gasteiger partial charge is 0.339 e. The first kappa shape index (κ1) is 12.7. The zero-order chi connectivity index (χ0) is 12.6. The highest BCUT2D eigenvalue weighted by atomic mass is 79.9. The fourth-order valence-electron chi connectivity index (χ4n) is 1.47. The molecule has 0 spiro atoms. The molecule has 2 heterocycles. The van der Waals surface area contributed by atoms with Crippen molar-refractivity contribution in [3.05, 3.63) is 32.2 Å². The Balaban J connectivity index is 2.75.